The lowest BCUT2D eigenvalue weighted by atomic mass is 9.75. The van der Waals surface area contributed by atoms with Gasteiger partial charge in [0.25, 0.3) is 0 Å². The molecule has 4 heteroatoms. The third-order valence-electron chi connectivity index (χ3n) is 4.87. The molecule has 0 aromatic heterocycles. The maximum absolute atomic E-state index is 13.1. The molecule has 2 unspecified atom stereocenters. The molecule has 2 aromatic rings. The van der Waals surface area contributed by atoms with Crippen LogP contribution in [0.1, 0.15) is 27.4 Å². The Kier molecular flexibility index (Phi) is 3.53. The molecule has 0 saturated carbocycles. The summed E-state index contributed by atoms with van der Waals surface area (Å²) in [6.07, 6.45) is 0. The molecule has 2 aliphatic rings. The number of Topliss-reactive ketones (excluding diaryl/α,β-unsaturated/α-hetero) is 1. The molecule has 2 aromatic carbocycles. The fourth-order valence-corrected chi connectivity index (χ4v) is 3.77. The Bertz CT molecular complexity index is 927. The van der Waals surface area contributed by atoms with Crippen molar-refractivity contribution in [1.29, 1.82) is 0 Å². The molecule has 1 N–H and O–H groups in total. The lowest BCUT2D eigenvalue weighted by Crippen LogP contribution is -2.37. The van der Waals surface area contributed by atoms with Crippen molar-refractivity contribution in [3.63, 3.8) is 0 Å². The highest BCUT2D eigenvalue weighted by molar-refractivity contribution is 6.22. The van der Waals surface area contributed by atoms with Gasteiger partial charge in [-0.1, -0.05) is 61.2 Å². The lowest BCUT2D eigenvalue weighted by Gasteiger charge is -2.33. The third kappa shape index (κ3) is 2.22. The topological polar surface area (TPSA) is 55.4 Å². The fraction of sp³-hybridized carbons (Fsp3) is 0.143. The summed E-state index contributed by atoms with van der Waals surface area (Å²) in [5.41, 5.74) is 4.31. The molecule has 4 nitrogen and oxygen atoms in total. The largest absolute Gasteiger partial charge is 0.468 e. The maximum atomic E-state index is 13.1. The zero-order chi connectivity index (χ0) is 17.6. The van der Waals surface area contributed by atoms with Crippen LogP contribution in [0.4, 0.5) is 0 Å². The SMILES string of the molecule is C=C1NC2=C(C(=O)c3ccccc32)C(c2ccccc2)C1C(=O)OC. The van der Waals surface area contributed by atoms with Crippen molar-refractivity contribution >= 4 is 17.4 Å². The third-order valence-corrected chi connectivity index (χ3v) is 4.87. The predicted octanol–water partition coefficient (Wildman–Crippen LogP) is 3.28. The molecule has 124 valence electrons. The monoisotopic (exact) mass is 331 g/mol. The first-order valence-electron chi connectivity index (χ1n) is 8.10. The van der Waals surface area contributed by atoms with Crippen molar-refractivity contribution in [3.05, 3.63) is 89.1 Å². The molecule has 25 heavy (non-hydrogen) atoms. The first-order chi connectivity index (χ1) is 12.1. The first kappa shape index (κ1) is 15.4. The summed E-state index contributed by atoms with van der Waals surface area (Å²) in [6, 6.07) is 17.1. The summed E-state index contributed by atoms with van der Waals surface area (Å²) in [5, 5.41) is 3.19. The van der Waals surface area contributed by atoms with Crippen molar-refractivity contribution in [2.75, 3.05) is 7.11 Å². The highest BCUT2D eigenvalue weighted by Gasteiger charge is 2.46. The number of benzene rings is 2. The number of carbonyl (C=O) groups is 2. The second kappa shape index (κ2) is 5.74. The number of fused-ring (bicyclic) bond motifs is 2. The van der Waals surface area contributed by atoms with Crippen LogP contribution in [0, 0.1) is 5.92 Å². The fourth-order valence-electron chi connectivity index (χ4n) is 3.77. The Labute approximate surface area is 145 Å². The second-order valence-electron chi connectivity index (χ2n) is 6.20. The minimum atomic E-state index is -0.649. The van der Waals surface area contributed by atoms with Gasteiger partial charge in [-0.25, -0.2) is 0 Å². The average molecular weight is 331 g/mol. The summed E-state index contributed by atoms with van der Waals surface area (Å²) in [7, 11) is 1.35. The van der Waals surface area contributed by atoms with Gasteiger partial charge >= 0.3 is 5.97 Å². The molecule has 2 atom stereocenters. The van der Waals surface area contributed by atoms with E-state index in [0.29, 0.717) is 16.8 Å². The molecular weight excluding hydrogens is 314 g/mol. The van der Waals surface area contributed by atoms with Crippen LogP contribution in [0.15, 0.2) is 72.4 Å². The molecule has 0 amide bonds. The Hall–Kier alpha value is -3.14. The molecular formula is C21H17NO3. The zero-order valence-corrected chi connectivity index (χ0v) is 13.8. The Morgan fingerprint density at radius 3 is 2.36 bits per heavy atom. The van der Waals surface area contributed by atoms with Crippen LogP contribution in [-0.2, 0) is 9.53 Å². The highest BCUT2D eigenvalue weighted by Crippen LogP contribution is 2.48. The normalized spacial score (nSPS) is 21.5. The van der Waals surface area contributed by atoms with Crippen molar-refractivity contribution in [2.45, 2.75) is 5.92 Å². The zero-order valence-electron chi connectivity index (χ0n) is 13.8. The van der Waals surface area contributed by atoms with Crippen LogP contribution in [-0.4, -0.2) is 18.9 Å². The number of esters is 1. The van der Waals surface area contributed by atoms with Crippen LogP contribution < -0.4 is 5.32 Å². The smallest absolute Gasteiger partial charge is 0.315 e. The average Bonchev–Trinajstić information content (AvgIpc) is 2.93. The van der Waals surface area contributed by atoms with E-state index in [0.717, 1.165) is 16.8 Å². The van der Waals surface area contributed by atoms with E-state index in [2.05, 4.69) is 11.9 Å². The van der Waals surface area contributed by atoms with Crippen LogP contribution in [0.2, 0.25) is 0 Å². The van der Waals surface area contributed by atoms with E-state index in [1.54, 1.807) is 0 Å². The maximum Gasteiger partial charge on any atom is 0.315 e. The van der Waals surface area contributed by atoms with Gasteiger partial charge in [0.05, 0.1) is 12.8 Å². The molecule has 1 heterocycles. The quantitative estimate of drug-likeness (QED) is 0.858. The van der Waals surface area contributed by atoms with Crippen LogP contribution in [0.3, 0.4) is 0 Å². The number of ketones is 1. The number of methoxy groups -OCH3 is 1. The van der Waals surface area contributed by atoms with Crippen molar-refractivity contribution in [1.82, 2.24) is 5.32 Å². The van der Waals surface area contributed by atoms with Gasteiger partial charge in [0, 0.05) is 28.3 Å². The minimum absolute atomic E-state index is 0.0478. The highest BCUT2D eigenvalue weighted by atomic mass is 16.5. The van der Waals surface area contributed by atoms with Crippen molar-refractivity contribution in [3.8, 4) is 0 Å². The van der Waals surface area contributed by atoms with E-state index in [9.17, 15) is 9.59 Å². The van der Waals surface area contributed by atoms with Gasteiger partial charge in [-0.2, -0.15) is 0 Å². The summed E-state index contributed by atoms with van der Waals surface area (Å²) < 4.78 is 5.00. The molecule has 1 aliphatic carbocycles. The molecule has 0 spiro atoms. The van der Waals surface area contributed by atoms with Crippen molar-refractivity contribution < 1.29 is 14.3 Å². The number of rotatable bonds is 2. The van der Waals surface area contributed by atoms with Gasteiger partial charge in [-0.15, -0.1) is 0 Å². The van der Waals surface area contributed by atoms with E-state index < -0.39 is 17.8 Å². The lowest BCUT2D eigenvalue weighted by molar-refractivity contribution is -0.144. The molecule has 0 bridgehead atoms. The van der Waals surface area contributed by atoms with Gasteiger partial charge < -0.3 is 10.1 Å². The molecule has 4 rings (SSSR count). The molecule has 0 saturated heterocycles. The second-order valence-corrected chi connectivity index (χ2v) is 6.20. The van der Waals surface area contributed by atoms with E-state index in [4.69, 9.17) is 4.74 Å². The Balaban J connectivity index is 1.95. The predicted molar refractivity (Wildman–Crippen MR) is 94.7 cm³/mol. The van der Waals surface area contributed by atoms with Gasteiger partial charge in [0.2, 0.25) is 0 Å². The number of carbonyl (C=O) groups excluding carboxylic acids is 2. The summed E-state index contributed by atoms with van der Waals surface area (Å²) in [5.74, 6) is -1.52. The molecule has 0 radical (unpaired) electrons. The van der Waals surface area contributed by atoms with Crippen LogP contribution >= 0.6 is 0 Å². The van der Waals surface area contributed by atoms with E-state index in [1.165, 1.54) is 7.11 Å². The Morgan fingerprint density at radius 1 is 1.04 bits per heavy atom. The number of nitrogens with one attached hydrogen (secondary N) is 1. The molecule has 1 aliphatic heterocycles. The summed E-state index contributed by atoms with van der Waals surface area (Å²) in [6.45, 7) is 4.04. The van der Waals surface area contributed by atoms with Gasteiger partial charge in [0.15, 0.2) is 5.78 Å². The van der Waals surface area contributed by atoms with Gasteiger partial charge in [0.1, 0.15) is 5.92 Å². The standard InChI is InChI=1S/C21H17NO3/c1-12-16(21(24)25-2)17(13-8-4-3-5-9-13)18-19(22-12)14-10-6-7-11-15(14)20(18)23/h3-11,16-17,22H,1H2,2H3. The summed E-state index contributed by atoms with van der Waals surface area (Å²) >= 11 is 0. The number of allylic oxidation sites excluding steroid dienone is 1. The van der Waals surface area contributed by atoms with Crippen LogP contribution in [0.25, 0.3) is 5.70 Å². The molecule has 0 fully saturated rings. The van der Waals surface area contributed by atoms with Crippen molar-refractivity contribution in [2.24, 2.45) is 5.92 Å². The first-order valence-corrected chi connectivity index (χ1v) is 8.10. The van der Waals surface area contributed by atoms with E-state index >= 15 is 0 Å². The van der Waals surface area contributed by atoms with Gasteiger partial charge in [-0.3, -0.25) is 9.59 Å². The van der Waals surface area contributed by atoms with E-state index in [1.807, 2.05) is 54.6 Å². The number of hydrogen-bond donors (Lipinski definition) is 1. The van der Waals surface area contributed by atoms with E-state index in [-0.39, 0.29) is 5.78 Å². The Morgan fingerprint density at radius 2 is 1.68 bits per heavy atom. The number of ether oxygens (including phenoxy) is 1. The van der Waals surface area contributed by atoms with Gasteiger partial charge in [-0.05, 0) is 5.56 Å². The van der Waals surface area contributed by atoms with Crippen LogP contribution in [0.5, 0.6) is 0 Å². The minimum Gasteiger partial charge on any atom is -0.468 e. The number of hydrogen-bond acceptors (Lipinski definition) is 4. The summed E-state index contributed by atoms with van der Waals surface area (Å²) in [4.78, 5) is 25.6.